The van der Waals surface area contributed by atoms with Crippen molar-refractivity contribution in [2.75, 3.05) is 0 Å². The molecule has 2 N–H and O–H groups in total. The topological polar surface area (TPSA) is 134 Å². The molecule has 0 bridgehead atoms. The Hall–Kier alpha value is -3.94. The van der Waals surface area contributed by atoms with Crippen LogP contribution >= 0.6 is 0 Å². The lowest BCUT2D eigenvalue weighted by molar-refractivity contribution is -0.122. The monoisotopic (exact) mass is 386 g/mol. The van der Waals surface area contributed by atoms with E-state index < -0.39 is 46.8 Å². The Balaban J connectivity index is 1.86. The van der Waals surface area contributed by atoms with Crippen LogP contribution in [0.3, 0.4) is 0 Å². The van der Waals surface area contributed by atoms with Crippen molar-refractivity contribution in [1.29, 1.82) is 5.26 Å². The number of carbonyl (C=O) groups excluding carboxylic acids is 1. The average molecular weight is 386 g/mol. The van der Waals surface area contributed by atoms with Crippen LogP contribution in [0.2, 0.25) is 0 Å². The molecule has 0 aliphatic heterocycles. The molecule has 0 radical (unpaired) electrons. The number of halogens is 2. The summed E-state index contributed by atoms with van der Waals surface area (Å²) in [6.07, 6.45) is 2.56. The summed E-state index contributed by atoms with van der Waals surface area (Å²) >= 11 is 0. The van der Waals surface area contributed by atoms with E-state index in [-0.39, 0.29) is 16.9 Å². The van der Waals surface area contributed by atoms with Gasteiger partial charge in [0.2, 0.25) is 5.91 Å². The Morgan fingerprint density at radius 1 is 1.32 bits per heavy atom. The van der Waals surface area contributed by atoms with Crippen molar-refractivity contribution in [3.8, 4) is 6.07 Å². The molecule has 0 spiro atoms. The van der Waals surface area contributed by atoms with Gasteiger partial charge in [0, 0.05) is 12.4 Å². The number of amides is 1. The number of nitrogens with zero attached hydrogens (tertiary/aromatic N) is 4. The van der Waals surface area contributed by atoms with E-state index in [9.17, 15) is 23.2 Å². The molecule has 2 aromatic heterocycles. The summed E-state index contributed by atoms with van der Waals surface area (Å²) in [6, 6.07) is 3.01. The standard InChI is InChI=1S/C17H12F2N6O3/c1-8(15-21-5-9(4-20)6-22-15)23-12(26)7-25-16(27)13-11(24-17(25)28)3-2-10(18)14(13)19/h2-3,5-6,8H,7H2,1H3,(H,23,26)(H,24,28)/t8-/m0/s1. The van der Waals surface area contributed by atoms with Gasteiger partial charge < -0.3 is 10.3 Å². The molecule has 0 saturated carbocycles. The van der Waals surface area contributed by atoms with Gasteiger partial charge in [0.15, 0.2) is 11.6 Å². The Kier molecular flexibility index (Phi) is 4.95. The highest BCUT2D eigenvalue weighted by Gasteiger charge is 2.18. The summed E-state index contributed by atoms with van der Waals surface area (Å²) in [5, 5.41) is 10.6. The van der Waals surface area contributed by atoms with Crippen LogP contribution in [0.4, 0.5) is 8.78 Å². The summed E-state index contributed by atoms with van der Waals surface area (Å²) in [4.78, 5) is 46.8. The fraction of sp³-hybridized carbons (Fsp3) is 0.176. The summed E-state index contributed by atoms with van der Waals surface area (Å²) < 4.78 is 27.8. The van der Waals surface area contributed by atoms with Crippen LogP contribution in [0.15, 0.2) is 34.1 Å². The zero-order valence-corrected chi connectivity index (χ0v) is 14.4. The number of hydrogen-bond acceptors (Lipinski definition) is 6. The van der Waals surface area contributed by atoms with Crippen molar-refractivity contribution in [3.05, 3.63) is 68.4 Å². The van der Waals surface area contributed by atoms with Crippen LogP contribution in [0.1, 0.15) is 24.4 Å². The van der Waals surface area contributed by atoms with Crippen molar-refractivity contribution in [3.63, 3.8) is 0 Å². The van der Waals surface area contributed by atoms with Crippen LogP contribution in [-0.4, -0.2) is 25.4 Å². The van der Waals surface area contributed by atoms with Gasteiger partial charge in [-0.15, -0.1) is 0 Å². The van der Waals surface area contributed by atoms with Gasteiger partial charge in [0.1, 0.15) is 23.8 Å². The van der Waals surface area contributed by atoms with E-state index >= 15 is 0 Å². The minimum Gasteiger partial charge on any atom is -0.345 e. The van der Waals surface area contributed by atoms with Gasteiger partial charge in [-0.05, 0) is 19.1 Å². The summed E-state index contributed by atoms with van der Waals surface area (Å²) in [7, 11) is 0. The quantitative estimate of drug-likeness (QED) is 0.671. The Bertz CT molecular complexity index is 1230. The number of carbonyl (C=O) groups is 1. The highest BCUT2D eigenvalue weighted by Crippen LogP contribution is 2.14. The SMILES string of the molecule is C[C@H](NC(=O)Cn1c(=O)[nH]c2ccc(F)c(F)c2c1=O)c1ncc(C#N)cn1. The summed E-state index contributed by atoms with van der Waals surface area (Å²) in [5.74, 6) is -3.20. The molecular weight excluding hydrogens is 374 g/mol. The maximum absolute atomic E-state index is 14.0. The molecule has 1 amide bonds. The summed E-state index contributed by atoms with van der Waals surface area (Å²) in [5.41, 5.74) is -2.01. The van der Waals surface area contributed by atoms with Gasteiger partial charge in [0.25, 0.3) is 5.56 Å². The summed E-state index contributed by atoms with van der Waals surface area (Å²) in [6.45, 7) is 0.836. The first-order valence-electron chi connectivity index (χ1n) is 7.94. The van der Waals surface area contributed by atoms with Gasteiger partial charge in [0.05, 0.1) is 17.1 Å². The second kappa shape index (κ2) is 7.36. The zero-order chi connectivity index (χ0) is 20.4. The molecule has 0 aliphatic carbocycles. The molecule has 0 unspecified atom stereocenters. The molecule has 142 valence electrons. The third-order valence-electron chi connectivity index (χ3n) is 3.91. The number of fused-ring (bicyclic) bond motifs is 1. The normalized spacial score (nSPS) is 11.8. The van der Waals surface area contributed by atoms with Crippen LogP contribution < -0.4 is 16.6 Å². The molecule has 0 saturated heterocycles. The molecule has 0 fully saturated rings. The molecule has 11 heteroatoms. The third kappa shape index (κ3) is 3.48. The van der Waals surface area contributed by atoms with E-state index in [4.69, 9.17) is 5.26 Å². The van der Waals surface area contributed by atoms with Crippen LogP contribution in [-0.2, 0) is 11.3 Å². The lowest BCUT2D eigenvalue weighted by Crippen LogP contribution is -2.41. The number of nitrogens with one attached hydrogen (secondary N) is 2. The average Bonchev–Trinajstić information content (AvgIpc) is 2.68. The molecule has 0 aliphatic rings. The van der Waals surface area contributed by atoms with E-state index in [1.807, 2.05) is 6.07 Å². The molecule has 1 atom stereocenters. The van der Waals surface area contributed by atoms with Crippen molar-refractivity contribution >= 4 is 16.8 Å². The molecule has 3 rings (SSSR count). The van der Waals surface area contributed by atoms with Gasteiger partial charge >= 0.3 is 5.69 Å². The van der Waals surface area contributed by atoms with Gasteiger partial charge in [-0.3, -0.25) is 14.2 Å². The molecule has 9 nitrogen and oxygen atoms in total. The van der Waals surface area contributed by atoms with E-state index in [2.05, 4.69) is 20.3 Å². The first-order valence-corrected chi connectivity index (χ1v) is 7.94. The largest absolute Gasteiger partial charge is 0.345 e. The van der Waals surface area contributed by atoms with Crippen molar-refractivity contribution in [1.82, 2.24) is 24.8 Å². The smallest absolute Gasteiger partial charge is 0.329 e. The number of rotatable bonds is 4. The number of aromatic amines is 1. The fourth-order valence-electron chi connectivity index (χ4n) is 2.53. The van der Waals surface area contributed by atoms with Crippen LogP contribution in [0.5, 0.6) is 0 Å². The number of H-pyrrole nitrogens is 1. The first kappa shape index (κ1) is 18.8. The highest BCUT2D eigenvalue weighted by molar-refractivity contribution is 5.79. The number of aromatic nitrogens is 4. The predicted molar refractivity (Wildman–Crippen MR) is 92.0 cm³/mol. The second-order valence-electron chi connectivity index (χ2n) is 5.84. The highest BCUT2D eigenvalue weighted by atomic mass is 19.2. The molecule has 28 heavy (non-hydrogen) atoms. The van der Waals surface area contributed by atoms with Gasteiger partial charge in [-0.2, -0.15) is 5.26 Å². The predicted octanol–water partition coefficient (Wildman–Crippen LogP) is 0.507. The van der Waals surface area contributed by atoms with Crippen LogP contribution in [0.25, 0.3) is 10.9 Å². The van der Waals surface area contributed by atoms with E-state index in [0.717, 1.165) is 12.1 Å². The lowest BCUT2D eigenvalue weighted by Gasteiger charge is -2.13. The third-order valence-corrected chi connectivity index (χ3v) is 3.91. The zero-order valence-electron chi connectivity index (χ0n) is 14.4. The minimum atomic E-state index is -1.41. The molecule has 2 heterocycles. The number of hydrogen-bond donors (Lipinski definition) is 2. The van der Waals surface area contributed by atoms with E-state index in [1.165, 1.54) is 12.4 Å². The van der Waals surface area contributed by atoms with Gasteiger partial charge in [-0.1, -0.05) is 0 Å². The maximum atomic E-state index is 14.0. The van der Waals surface area contributed by atoms with Crippen molar-refractivity contribution in [2.45, 2.75) is 19.5 Å². The number of benzene rings is 1. The van der Waals surface area contributed by atoms with Crippen molar-refractivity contribution < 1.29 is 13.6 Å². The molecule has 3 aromatic rings. The van der Waals surface area contributed by atoms with Gasteiger partial charge in [-0.25, -0.2) is 23.5 Å². The first-order chi connectivity index (χ1) is 13.3. The number of nitriles is 1. The maximum Gasteiger partial charge on any atom is 0.329 e. The molecular formula is C17H12F2N6O3. The second-order valence-corrected chi connectivity index (χ2v) is 5.84. The van der Waals surface area contributed by atoms with E-state index in [1.54, 1.807) is 6.92 Å². The van der Waals surface area contributed by atoms with Crippen LogP contribution in [0, 0.1) is 23.0 Å². The van der Waals surface area contributed by atoms with Crippen molar-refractivity contribution in [2.24, 2.45) is 0 Å². The Morgan fingerprint density at radius 2 is 2.00 bits per heavy atom. The van der Waals surface area contributed by atoms with E-state index in [0.29, 0.717) is 4.57 Å². The lowest BCUT2D eigenvalue weighted by atomic mass is 10.2. The minimum absolute atomic E-state index is 0.176. The Labute approximate surface area is 155 Å². The molecule has 1 aromatic carbocycles. The fourth-order valence-corrected chi connectivity index (χ4v) is 2.53. The Morgan fingerprint density at radius 3 is 2.64 bits per heavy atom.